The van der Waals surface area contributed by atoms with Gasteiger partial charge in [-0.3, -0.25) is 19.3 Å². The van der Waals surface area contributed by atoms with Gasteiger partial charge in [-0.25, -0.2) is 0 Å². The Kier molecular flexibility index (Phi) is 4.85. The van der Waals surface area contributed by atoms with E-state index in [4.69, 9.17) is 0 Å². The highest BCUT2D eigenvalue weighted by molar-refractivity contribution is 6.11. The normalized spacial score (nSPS) is 24.3. The molecule has 1 atom stereocenters. The fourth-order valence-electron chi connectivity index (χ4n) is 4.75. The lowest BCUT2D eigenvalue weighted by atomic mass is 9.80. The van der Waals surface area contributed by atoms with E-state index in [9.17, 15) is 14.4 Å². The van der Waals surface area contributed by atoms with Gasteiger partial charge in [-0.1, -0.05) is 35.9 Å². The van der Waals surface area contributed by atoms with Crippen LogP contribution >= 0.6 is 0 Å². The Morgan fingerprint density at radius 2 is 2.00 bits per heavy atom. The van der Waals surface area contributed by atoms with Crippen LogP contribution in [0.2, 0.25) is 0 Å². The van der Waals surface area contributed by atoms with Crippen LogP contribution in [0.3, 0.4) is 0 Å². The minimum atomic E-state index is -0.749. The van der Waals surface area contributed by atoms with E-state index in [0.717, 1.165) is 41.7 Å². The molecule has 3 aliphatic rings. The van der Waals surface area contributed by atoms with E-state index in [1.807, 2.05) is 24.3 Å². The maximum absolute atomic E-state index is 13.1. The van der Waals surface area contributed by atoms with Crippen molar-refractivity contribution in [1.29, 1.82) is 0 Å². The molecule has 142 valence electrons. The Bertz CT molecular complexity index is 814. The van der Waals surface area contributed by atoms with Crippen LogP contribution < -0.4 is 5.32 Å². The van der Waals surface area contributed by atoms with E-state index in [-0.39, 0.29) is 30.7 Å². The van der Waals surface area contributed by atoms with E-state index in [1.54, 1.807) is 0 Å². The Morgan fingerprint density at radius 3 is 2.81 bits per heavy atom. The average Bonchev–Trinajstić information content (AvgIpc) is 3.16. The molecule has 27 heavy (non-hydrogen) atoms. The van der Waals surface area contributed by atoms with Crippen LogP contribution in [0.5, 0.6) is 0 Å². The number of fused-ring (bicyclic) bond motifs is 2. The molecule has 5 nitrogen and oxygen atoms in total. The van der Waals surface area contributed by atoms with Crippen LogP contribution in [0.4, 0.5) is 0 Å². The lowest BCUT2D eigenvalue weighted by molar-refractivity contribution is -0.143. The number of aryl methyl sites for hydroxylation is 1. The number of benzene rings is 1. The second-order valence-electron chi connectivity index (χ2n) is 7.91. The molecule has 0 radical (unpaired) electrons. The van der Waals surface area contributed by atoms with Gasteiger partial charge in [0, 0.05) is 13.0 Å². The van der Waals surface area contributed by atoms with Gasteiger partial charge in [0.1, 0.15) is 6.54 Å². The van der Waals surface area contributed by atoms with Crippen LogP contribution in [-0.4, -0.2) is 35.7 Å². The number of carbonyl (C=O) groups excluding carboxylic acids is 3. The summed E-state index contributed by atoms with van der Waals surface area (Å²) in [6.07, 6.45) is 9.48. The SMILES string of the molecule is O=C(CN1C(=O)CC2(CCc3ccccc32)C1=O)NCCC1=CCCCC1. The predicted molar refractivity (Wildman–Crippen MR) is 102 cm³/mol. The fraction of sp³-hybridized carbons (Fsp3) is 0.500. The summed E-state index contributed by atoms with van der Waals surface area (Å²) in [5.41, 5.74) is 2.76. The van der Waals surface area contributed by atoms with Crippen molar-refractivity contribution in [3.05, 3.63) is 47.0 Å². The zero-order valence-electron chi connectivity index (χ0n) is 15.6. The summed E-state index contributed by atoms with van der Waals surface area (Å²) in [5.74, 6) is -0.694. The van der Waals surface area contributed by atoms with E-state index in [1.165, 1.54) is 18.4 Å². The summed E-state index contributed by atoms with van der Waals surface area (Å²) < 4.78 is 0. The summed E-state index contributed by atoms with van der Waals surface area (Å²) >= 11 is 0. The number of amides is 3. The van der Waals surface area contributed by atoms with Gasteiger partial charge in [0.05, 0.1) is 5.41 Å². The highest BCUT2D eigenvalue weighted by Crippen LogP contribution is 2.46. The molecule has 1 aromatic rings. The molecule has 3 amide bonds. The van der Waals surface area contributed by atoms with Crippen molar-refractivity contribution in [1.82, 2.24) is 10.2 Å². The van der Waals surface area contributed by atoms with Gasteiger partial charge < -0.3 is 5.32 Å². The first kappa shape index (κ1) is 18.0. The van der Waals surface area contributed by atoms with Gasteiger partial charge in [-0.15, -0.1) is 0 Å². The summed E-state index contributed by atoms with van der Waals surface area (Å²) in [7, 11) is 0. The topological polar surface area (TPSA) is 66.5 Å². The average molecular weight is 366 g/mol. The molecule has 1 heterocycles. The van der Waals surface area contributed by atoms with Crippen LogP contribution in [0.25, 0.3) is 0 Å². The fourth-order valence-corrected chi connectivity index (χ4v) is 4.75. The van der Waals surface area contributed by atoms with E-state index >= 15 is 0 Å². The van der Waals surface area contributed by atoms with Gasteiger partial charge in [-0.2, -0.15) is 0 Å². The number of allylic oxidation sites excluding steroid dienone is 1. The lowest BCUT2D eigenvalue weighted by Gasteiger charge is -2.22. The third-order valence-corrected chi connectivity index (χ3v) is 6.22. The number of hydrogen-bond acceptors (Lipinski definition) is 3. The first-order chi connectivity index (χ1) is 13.1. The Balaban J connectivity index is 1.37. The molecule has 1 N–H and O–H groups in total. The smallest absolute Gasteiger partial charge is 0.240 e. The molecular formula is C22H26N2O3. The zero-order chi connectivity index (χ0) is 18.9. The van der Waals surface area contributed by atoms with Crippen molar-refractivity contribution in [2.75, 3.05) is 13.1 Å². The zero-order valence-corrected chi connectivity index (χ0v) is 15.6. The highest BCUT2D eigenvalue weighted by atomic mass is 16.2. The van der Waals surface area contributed by atoms with Crippen LogP contribution in [0.15, 0.2) is 35.9 Å². The first-order valence-corrected chi connectivity index (χ1v) is 9.98. The number of hydrogen-bond donors (Lipinski definition) is 1. The largest absolute Gasteiger partial charge is 0.354 e. The van der Waals surface area contributed by atoms with Crippen LogP contribution in [0, 0.1) is 0 Å². The van der Waals surface area contributed by atoms with Crippen molar-refractivity contribution in [3.8, 4) is 0 Å². The maximum atomic E-state index is 13.1. The minimum absolute atomic E-state index is 0.166. The molecule has 1 spiro atoms. The molecule has 1 aliphatic heterocycles. The molecule has 0 bridgehead atoms. The number of likely N-dealkylation sites (tertiary alicyclic amines) is 1. The number of rotatable bonds is 5. The molecule has 0 saturated carbocycles. The van der Waals surface area contributed by atoms with Gasteiger partial charge in [0.15, 0.2) is 0 Å². The molecule has 4 rings (SSSR count). The van der Waals surface area contributed by atoms with Crippen molar-refractivity contribution in [3.63, 3.8) is 0 Å². The van der Waals surface area contributed by atoms with Crippen molar-refractivity contribution >= 4 is 17.7 Å². The molecule has 1 saturated heterocycles. The maximum Gasteiger partial charge on any atom is 0.240 e. The lowest BCUT2D eigenvalue weighted by Crippen LogP contribution is -2.43. The second kappa shape index (κ2) is 7.29. The number of imide groups is 1. The second-order valence-corrected chi connectivity index (χ2v) is 7.91. The summed E-state index contributed by atoms with van der Waals surface area (Å²) in [6.45, 7) is 0.398. The van der Waals surface area contributed by atoms with Crippen molar-refractivity contribution < 1.29 is 14.4 Å². The molecular weight excluding hydrogens is 340 g/mol. The molecule has 1 unspecified atom stereocenters. The minimum Gasteiger partial charge on any atom is -0.354 e. The summed E-state index contributed by atoms with van der Waals surface area (Å²) in [4.78, 5) is 39.1. The Morgan fingerprint density at radius 1 is 1.15 bits per heavy atom. The summed E-state index contributed by atoms with van der Waals surface area (Å²) in [6, 6.07) is 7.86. The predicted octanol–water partition coefficient (Wildman–Crippen LogP) is 2.64. The third kappa shape index (κ3) is 3.31. The van der Waals surface area contributed by atoms with Gasteiger partial charge in [-0.05, 0) is 56.1 Å². The monoisotopic (exact) mass is 366 g/mol. The molecule has 2 aliphatic carbocycles. The first-order valence-electron chi connectivity index (χ1n) is 9.98. The Hall–Kier alpha value is -2.43. The van der Waals surface area contributed by atoms with Crippen molar-refractivity contribution in [2.45, 2.75) is 56.8 Å². The van der Waals surface area contributed by atoms with Gasteiger partial charge in [0.25, 0.3) is 0 Å². The number of nitrogens with zero attached hydrogens (tertiary/aromatic N) is 1. The van der Waals surface area contributed by atoms with Crippen molar-refractivity contribution in [2.24, 2.45) is 0 Å². The highest BCUT2D eigenvalue weighted by Gasteiger charge is 2.55. The molecule has 0 aromatic heterocycles. The van der Waals surface area contributed by atoms with Crippen LogP contribution in [-0.2, 0) is 26.2 Å². The van der Waals surface area contributed by atoms with Crippen LogP contribution in [0.1, 0.15) is 56.1 Å². The van der Waals surface area contributed by atoms with Gasteiger partial charge >= 0.3 is 0 Å². The third-order valence-electron chi connectivity index (χ3n) is 6.22. The van der Waals surface area contributed by atoms with E-state index in [2.05, 4.69) is 11.4 Å². The Labute approximate surface area is 159 Å². The summed E-state index contributed by atoms with van der Waals surface area (Å²) in [5, 5.41) is 2.87. The van der Waals surface area contributed by atoms with E-state index in [0.29, 0.717) is 13.0 Å². The molecule has 1 fully saturated rings. The standard InChI is InChI=1S/C22H26N2O3/c25-19(23-13-11-16-6-2-1-3-7-16)15-24-20(26)14-22(21(24)27)12-10-17-8-4-5-9-18(17)22/h4-6,8-9H,1-3,7,10-15H2,(H,23,25). The molecule has 1 aromatic carbocycles. The molecule has 5 heteroatoms. The number of nitrogens with one attached hydrogen (secondary N) is 1. The van der Waals surface area contributed by atoms with Gasteiger partial charge in [0.2, 0.25) is 17.7 Å². The quantitative estimate of drug-likeness (QED) is 0.643. The van der Waals surface area contributed by atoms with E-state index < -0.39 is 5.41 Å². The number of carbonyl (C=O) groups is 3.